The minimum absolute atomic E-state index is 0.126. The Morgan fingerprint density at radius 1 is 1.08 bits per heavy atom. The van der Waals surface area contributed by atoms with E-state index in [4.69, 9.17) is 4.74 Å². The molecule has 0 aliphatic rings. The first-order valence-electron chi connectivity index (χ1n) is 7.43. The number of hydrogen-bond acceptors (Lipinski definition) is 4. The number of benzene rings is 2. The van der Waals surface area contributed by atoms with Crippen LogP contribution in [0.25, 0.3) is 0 Å². The molecule has 0 saturated carbocycles. The number of thioether (sulfide) groups is 1. The van der Waals surface area contributed by atoms with Crippen LogP contribution in [0.15, 0.2) is 47.4 Å². The van der Waals surface area contributed by atoms with Gasteiger partial charge < -0.3 is 10.1 Å². The quantitative estimate of drug-likeness (QED) is 0.811. The molecule has 0 unspecified atom stereocenters. The Morgan fingerprint density at radius 2 is 1.83 bits per heavy atom. The van der Waals surface area contributed by atoms with Gasteiger partial charge >= 0.3 is 6.03 Å². The number of nitrogens with one attached hydrogen (secondary N) is 2. The molecule has 0 aliphatic carbocycles. The van der Waals surface area contributed by atoms with Crippen molar-refractivity contribution in [3.05, 3.63) is 53.6 Å². The maximum Gasteiger partial charge on any atom is 0.325 e. The minimum Gasteiger partial charge on any atom is -0.496 e. The van der Waals surface area contributed by atoms with Crippen LogP contribution in [0.2, 0.25) is 0 Å². The molecule has 0 aliphatic heterocycles. The van der Waals surface area contributed by atoms with E-state index >= 15 is 0 Å². The summed E-state index contributed by atoms with van der Waals surface area (Å²) in [4.78, 5) is 24.6. The maximum atomic E-state index is 11.9. The first-order chi connectivity index (χ1) is 11.5. The summed E-state index contributed by atoms with van der Waals surface area (Å²) < 4.78 is 5.23. The number of anilines is 1. The van der Waals surface area contributed by atoms with Gasteiger partial charge in [-0.15, -0.1) is 11.8 Å². The standard InChI is InChI=1S/C18H20N2O3S/c1-12-8-9-14(10-13(12)2)19-18(22)20-17(21)11-24-16-7-5-4-6-15(16)23-3/h4-10H,11H2,1-3H3,(H2,19,20,21,22). The Morgan fingerprint density at radius 3 is 2.54 bits per heavy atom. The minimum atomic E-state index is -0.538. The molecule has 0 bridgehead atoms. The third-order valence-corrected chi connectivity index (χ3v) is 4.50. The normalized spacial score (nSPS) is 10.1. The first kappa shape index (κ1) is 17.9. The summed E-state index contributed by atoms with van der Waals surface area (Å²) in [5, 5.41) is 4.98. The molecule has 126 valence electrons. The lowest BCUT2D eigenvalue weighted by Crippen LogP contribution is -2.35. The third-order valence-electron chi connectivity index (χ3n) is 3.45. The molecule has 6 heteroatoms. The molecule has 2 N–H and O–H groups in total. The number of carbonyl (C=O) groups is 2. The summed E-state index contributed by atoms with van der Waals surface area (Å²) in [5.41, 5.74) is 2.87. The summed E-state index contributed by atoms with van der Waals surface area (Å²) in [5.74, 6) is 0.461. The molecule has 3 amide bonds. The molecule has 2 rings (SSSR count). The molecule has 0 radical (unpaired) electrons. The fourth-order valence-electron chi connectivity index (χ4n) is 2.03. The van der Waals surface area contributed by atoms with Gasteiger partial charge in [-0.2, -0.15) is 0 Å². The Hall–Kier alpha value is -2.47. The van der Waals surface area contributed by atoms with Gasteiger partial charge in [0, 0.05) is 10.6 Å². The Balaban J connectivity index is 1.85. The number of imide groups is 1. The molecule has 2 aromatic carbocycles. The summed E-state index contributed by atoms with van der Waals surface area (Å²) in [7, 11) is 1.58. The topological polar surface area (TPSA) is 67.4 Å². The Kier molecular flexibility index (Phi) is 6.26. The van der Waals surface area contributed by atoms with Gasteiger partial charge in [-0.25, -0.2) is 4.79 Å². The van der Waals surface area contributed by atoms with E-state index in [1.807, 2.05) is 50.2 Å². The lowest BCUT2D eigenvalue weighted by Gasteiger charge is -2.09. The lowest BCUT2D eigenvalue weighted by molar-refractivity contribution is -0.117. The molecular formula is C18H20N2O3S. The van der Waals surface area contributed by atoms with Crippen LogP contribution in [0.1, 0.15) is 11.1 Å². The summed E-state index contributed by atoms with van der Waals surface area (Å²) in [6, 6.07) is 12.5. The van der Waals surface area contributed by atoms with Gasteiger partial charge in [0.05, 0.1) is 12.9 Å². The van der Waals surface area contributed by atoms with E-state index < -0.39 is 6.03 Å². The highest BCUT2D eigenvalue weighted by Gasteiger charge is 2.10. The fraction of sp³-hybridized carbons (Fsp3) is 0.222. The van der Waals surface area contributed by atoms with Crippen molar-refractivity contribution in [1.82, 2.24) is 5.32 Å². The summed E-state index contributed by atoms with van der Waals surface area (Å²) in [6.07, 6.45) is 0. The second-order valence-electron chi connectivity index (χ2n) is 5.24. The molecule has 5 nitrogen and oxygen atoms in total. The van der Waals surface area contributed by atoms with Gasteiger partial charge in [0.1, 0.15) is 5.75 Å². The van der Waals surface area contributed by atoms with Gasteiger partial charge in [-0.3, -0.25) is 10.1 Å². The average Bonchev–Trinajstić information content (AvgIpc) is 2.56. The van der Waals surface area contributed by atoms with E-state index in [1.165, 1.54) is 11.8 Å². The van der Waals surface area contributed by atoms with Crippen LogP contribution in [-0.2, 0) is 4.79 Å². The largest absolute Gasteiger partial charge is 0.496 e. The second kappa shape index (κ2) is 8.40. The Bertz CT molecular complexity index is 747. The zero-order chi connectivity index (χ0) is 17.5. The predicted octanol–water partition coefficient (Wildman–Crippen LogP) is 3.75. The van der Waals surface area contributed by atoms with Crippen LogP contribution in [0.4, 0.5) is 10.5 Å². The van der Waals surface area contributed by atoms with Crippen molar-refractivity contribution < 1.29 is 14.3 Å². The SMILES string of the molecule is COc1ccccc1SCC(=O)NC(=O)Nc1ccc(C)c(C)c1. The number of amides is 3. The van der Waals surface area contributed by atoms with Crippen molar-refractivity contribution in [1.29, 1.82) is 0 Å². The molecular weight excluding hydrogens is 324 g/mol. The number of methoxy groups -OCH3 is 1. The van der Waals surface area contributed by atoms with Crippen LogP contribution in [0, 0.1) is 13.8 Å². The number of aryl methyl sites for hydroxylation is 2. The van der Waals surface area contributed by atoms with Crippen molar-refractivity contribution >= 4 is 29.4 Å². The van der Waals surface area contributed by atoms with Gasteiger partial charge in [0.25, 0.3) is 0 Å². The number of hydrogen-bond donors (Lipinski definition) is 2. The molecule has 24 heavy (non-hydrogen) atoms. The van der Waals surface area contributed by atoms with Crippen LogP contribution < -0.4 is 15.4 Å². The molecule has 0 spiro atoms. The molecule has 0 atom stereocenters. The number of rotatable bonds is 5. The van der Waals surface area contributed by atoms with Crippen LogP contribution in [-0.4, -0.2) is 24.8 Å². The smallest absolute Gasteiger partial charge is 0.325 e. The number of carbonyl (C=O) groups excluding carboxylic acids is 2. The zero-order valence-corrected chi connectivity index (χ0v) is 14.7. The molecule has 0 heterocycles. The van der Waals surface area contributed by atoms with Crippen LogP contribution >= 0.6 is 11.8 Å². The average molecular weight is 344 g/mol. The molecule has 0 saturated heterocycles. The fourth-order valence-corrected chi connectivity index (χ4v) is 2.85. The van der Waals surface area contributed by atoms with Gasteiger partial charge in [-0.05, 0) is 49.2 Å². The maximum absolute atomic E-state index is 11.9. The third kappa shape index (κ3) is 5.03. The summed E-state index contributed by atoms with van der Waals surface area (Å²) in [6.45, 7) is 3.96. The zero-order valence-electron chi connectivity index (χ0n) is 13.9. The monoisotopic (exact) mass is 344 g/mol. The predicted molar refractivity (Wildman–Crippen MR) is 96.8 cm³/mol. The first-order valence-corrected chi connectivity index (χ1v) is 8.42. The summed E-state index contributed by atoms with van der Waals surface area (Å²) >= 11 is 1.32. The van der Waals surface area contributed by atoms with Crippen molar-refractivity contribution in [3.63, 3.8) is 0 Å². The van der Waals surface area contributed by atoms with Gasteiger partial charge in [0.2, 0.25) is 5.91 Å². The lowest BCUT2D eigenvalue weighted by atomic mass is 10.1. The van der Waals surface area contributed by atoms with Crippen molar-refractivity contribution in [3.8, 4) is 5.75 Å². The van der Waals surface area contributed by atoms with Crippen LogP contribution in [0.5, 0.6) is 5.75 Å². The van der Waals surface area contributed by atoms with E-state index in [1.54, 1.807) is 13.2 Å². The molecule has 0 aromatic heterocycles. The van der Waals surface area contributed by atoms with E-state index in [0.717, 1.165) is 16.0 Å². The van der Waals surface area contributed by atoms with Gasteiger partial charge in [-0.1, -0.05) is 18.2 Å². The van der Waals surface area contributed by atoms with E-state index in [0.29, 0.717) is 11.4 Å². The Labute approximate surface area is 145 Å². The van der Waals surface area contributed by atoms with E-state index in [2.05, 4.69) is 10.6 Å². The highest BCUT2D eigenvalue weighted by atomic mass is 32.2. The van der Waals surface area contributed by atoms with Crippen molar-refractivity contribution in [2.45, 2.75) is 18.7 Å². The van der Waals surface area contributed by atoms with Gasteiger partial charge in [0.15, 0.2) is 0 Å². The second-order valence-corrected chi connectivity index (χ2v) is 6.26. The van der Waals surface area contributed by atoms with Crippen molar-refractivity contribution in [2.24, 2.45) is 0 Å². The highest BCUT2D eigenvalue weighted by molar-refractivity contribution is 8.00. The van der Waals surface area contributed by atoms with Crippen LogP contribution in [0.3, 0.4) is 0 Å². The number of ether oxygens (including phenoxy) is 1. The molecule has 0 fully saturated rings. The van der Waals surface area contributed by atoms with E-state index in [-0.39, 0.29) is 11.7 Å². The highest BCUT2D eigenvalue weighted by Crippen LogP contribution is 2.28. The van der Waals surface area contributed by atoms with E-state index in [9.17, 15) is 9.59 Å². The molecule has 2 aromatic rings. The number of urea groups is 1. The van der Waals surface area contributed by atoms with Crippen molar-refractivity contribution in [2.75, 3.05) is 18.2 Å². The number of para-hydroxylation sites is 1.